The molecule has 1 saturated heterocycles. The minimum absolute atomic E-state index is 0.0341. The summed E-state index contributed by atoms with van der Waals surface area (Å²) in [6.45, 7) is 6.93. The molecule has 2 aromatic rings. The highest BCUT2D eigenvalue weighted by molar-refractivity contribution is 5.93. The zero-order valence-electron chi connectivity index (χ0n) is 16.5. The summed E-state index contributed by atoms with van der Waals surface area (Å²) in [5.74, 6) is -0.371. The quantitative estimate of drug-likeness (QED) is 0.838. The molecule has 5 nitrogen and oxygen atoms in total. The summed E-state index contributed by atoms with van der Waals surface area (Å²) < 4.78 is 6.21. The molecule has 1 amide bonds. The Morgan fingerprint density at radius 3 is 2.68 bits per heavy atom. The number of benzene rings is 2. The molecule has 2 atom stereocenters. The molecule has 1 fully saturated rings. The largest absolute Gasteiger partial charge is 0.373 e. The second-order valence-corrected chi connectivity index (χ2v) is 7.84. The Hall–Kier alpha value is -2.21. The van der Waals surface area contributed by atoms with E-state index in [1.165, 1.54) is 22.3 Å². The van der Waals surface area contributed by atoms with E-state index in [2.05, 4.69) is 41.4 Å². The van der Waals surface area contributed by atoms with Gasteiger partial charge in [0.1, 0.15) is 0 Å². The average molecular weight is 380 g/mol. The van der Waals surface area contributed by atoms with Crippen LogP contribution in [0.2, 0.25) is 0 Å². The third-order valence-corrected chi connectivity index (χ3v) is 5.96. The van der Waals surface area contributed by atoms with Gasteiger partial charge < -0.3 is 15.8 Å². The van der Waals surface area contributed by atoms with Crippen molar-refractivity contribution in [2.24, 2.45) is 5.73 Å². The van der Waals surface area contributed by atoms with Gasteiger partial charge in [-0.05, 0) is 48.6 Å². The van der Waals surface area contributed by atoms with Crippen LogP contribution < -0.4 is 11.1 Å². The smallest absolute Gasteiger partial charge is 0.248 e. The van der Waals surface area contributed by atoms with Crippen LogP contribution >= 0.6 is 0 Å². The Kier molecular flexibility index (Phi) is 5.76. The number of nitrogens with two attached hydrogens (primary N) is 1. The molecular formula is C23H29N3O2. The van der Waals surface area contributed by atoms with E-state index >= 15 is 0 Å². The molecular weight excluding hydrogens is 350 g/mol. The molecule has 148 valence electrons. The number of carbonyl (C=O) groups excluding carboxylic acids is 1. The van der Waals surface area contributed by atoms with E-state index in [0.717, 1.165) is 39.0 Å². The number of hydrogen-bond acceptors (Lipinski definition) is 4. The Bertz CT molecular complexity index is 828. The van der Waals surface area contributed by atoms with Crippen LogP contribution in [0.4, 0.5) is 0 Å². The summed E-state index contributed by atoms with van der Waals surface area (Å²) in [5, 5.41) is 3.45. The van der Waals surface area contributed by atoms with Gasteiger partial charge in [0.15, 0.2) is 0 Å². The fourth-order valence-corrected chi connectivity index (χ4v) is 4.37. The minimum atomic E-state index is -0.371. The summed E-state index contributed by atoms with van der Waals surface area (Å²) in [4.78, 5) is 14.1. The highest BCUT2D eigenvalue weighted by atomic mass is 16.5. The van der Waals surface area contributed by atoms with Gasteiger partial charge in [-0.15, -0.1) is 0 Å². The molecule has 0 radical (unpaired) electrons. The molecule has 2 heterocycles. The Labute approximate surface area is 166 Å². The zero-order valence-corrected chi connectivity index (χ0v) is 16.5. The predicted molar refractivity (Wildman–Crippen MR) is 110 cm³/mol. The summed E-state index contributed by atoms with van der Waals surface area (Å²) in [6, 6.07) is 15.0. The molecule has 0 spiro atoms. The molecule has 4 rings (SSSR count). The van der Waals surface area contributed by atoms with Crippen LogP contribution in [0.15, 0.2) is 42.5 Å². The fourth-order valence-electron chi connectivity index (χ4n) is 4.37. The lowest BCUT2D eigenvalue weighted by Gasteiger charge is -2.38. The van der Waals surface area contributed by atoms with E-state index in [0.29, 0.717) is 18.2 Å². The van der Waals surface area contributed by atoms with E-state index in [-0.39, 0.29) is 12.0 Å². The monoisotopic (exact) mass is 379 g/mol. The molecule has 2 unspecified atom stereocenters. The van der Waals surface area contributed by atoms with Crippen molar-refractivity contribution in [3.8, 4) is 0 Å². The number of nitrogens with zero attached hydrogens (tertiary/aromatic N) is 1. The zero-order chi connectivity index (χ0) is 19.5. The second kappa shape index (κ2) is 8.43. The van der Waals surface area contributed by atoms with Crippen molar-refractivity contribution in [1.29, 1.82) is 0 Å². The molecule has 0 bridgehead atoms. The van der Waals surface area contributed by atoms with Gasteiger partial charge in [0.25, 0.3) is 0 Å². The van der Waals surface area contributed by atoms with Crippen LogP contribution in [0.3, 0.4) is 0 Å². The van der Waals surface area contributed by atoms with Gasteiger partial charge in [-0.1, -0.05) is 35.9 Å². The lowest BCUT2D eigenvalue weighted by Crippen LogP contribution is -2.45. The van der Waals surface area contributed by atoms with Crippen LogP contribution in [-0.4, -0.2) is 43.6 Å². The second-order valence-electron chi connectivity index (χ2n) is 7.84. The minimum Gasteiger partial charge on any atom is -0.373 e. The molecule has 0 saturated carbocycles. The lowest BCUT2D eigenvalue weighted by molar-refractivity contribution is 0.0119. The van der Waals surface area contributed by atoms with Gasteiger partial charge in [-0.25, -0.2) is 0 Å². The van der Waals surface area contributed by atoms with Crippen LogP contribution in [0.1, 0.15) is 51.2 Å². The average Bonchev–Trinajstić information content (AvgIpc) is 2.73. The van der Waals surface area contributed by atoms with Crippen molar-refractivity contribution in [3.05, 3.63) is 70.3 Å². The first-order chi connectivity index (χ1) is 13.6. The molecule has 2 aliphatic rings. The van der Waals surface area contributed by atoms with Crippen LogP contribution in [0.25, 0.3) is 0 Å². The molecule has 28 heavy (non-hydrogen) atoms. The number of piperazine rings is 1. The van der Waals surface area contributed by atoms with Crippen molar-refractivity contribution in [2.45, 2.75) is 31.9 Å². The number of carbonyl (C=O) groups is 1. The maximum Gasteiger partial charge on any atom is 0.248 e. The van der Waals surface area contributed by atoms with Gasteiger partial charge in [0.2, 0.25) is 5.91 Å². The van der Waals surface area contributed by atoms with Crippen molar-refractivity contribution >= 4 is 5.91 Å². The highest BCUT2D eigenvalue weighted by Crippen LogP contribution is 2.37. The SMILES string of the molecule is Cc1ccc(C(CC2OCCc3cc(C(N)=O)ccc32)N2CCNCC2)cc1. The Morgan fingerprint density at radius 1 is 1.21 bits per heavy atom. The van der Waals surface area contributed by atoms with Crippen molar-refractivity contribution < 1.29 is 9.53 Å². The fraction of sp³-hybridized carbons (Fsp3) is 0.435. The number of hydrogen-bond donors (Lipinski definition) is 2. The molecule has 3 N–H and O–H groups in total. The Balaban J connectivity index is 1.62. The third kappa shape index (κ3) is 4.12. The maximum atomic E-state index is 11.5. The number of fused-ring (bicyclic) bond motifs is 1. The van der Waals surface area contributed by atoms with Crippen LogP contribution in [-0.2, 0) is 11.2 Å². The summed E-state index contributed by atoms with van der Waals surface area (Å²) in [6.07, 6.45) is 1.77. The van der Waals surface area contributed by atoms with Gasteiger partial charge in [-0.3, -0.25) is 9.69 Å². The van der Waals surface area contributed by atoms with E-state index in [1.54, 1.807) is 0 Å². The first-order valence-electron chi connectivity index (χ1n) is 10.2. The van der Waals surface area contributed by atoms with E-state index in [9.17, 15) is 4.79 Å². The van der Waals surface area contributed by atoms with Gasteiger partial charge >= 0.3 is 0 Å². The van der Waals surface area contributed by atoms with Crippen LogP contribution in [0.5, 0.6) is 0 Å². The molecule has 5 heteroatoms. The van der Waals surface area contributed by atoms with Gasteiger partial charge in [0, 0.05) is 37.8 Å². The standard InChI is InChI=1S/C23H29N3O2/c1-16-2-4-17(5-3-16)21(26-11-9-25-10-12-26)15-22-20-7-6-19(23(24)27)14-18(20)8-13-28-22/h2-7,14,21-22,25H,8-13,15H2,1H3,(H2,24,27). The number of rotatable bonds is 5. The molecule has 0 aliphatic carbocycles. The number of primary amides is 1. The number of aryl methyl sites for hydroxylation is 1. The Morgan fingerprint density at radius 2 is 1.96 bits per heavy atom. The van der Waals surface area contributed by atoms with Crippen molar-refractivity contribution in [3.63, 3.8) is 0 Å². The maximum absolute atomic E-state index is 11.5. The lowest BCUT2D eigenvalue weighted by atomic mass is 9.89. The summed E-state index contributed by atoms with van der Waals surface area (Å²) in [7, 11) is 0. The van der Waals surface area contributed by atoms with E-state index in [4.69, 9.17) is 10.5 Å². The third-order valence-electron chi connectivity index (χ3n) is 5.96. The summed E-state index contributed by atoms with van der Waals surface area (Å²) >= 11 is 0. The number of nitrogens with one attached hydrogen (secondary N) is 1. The first kappa shape index (κ1) is 19.1. The van der Waals surface area contributed by atoms with Crippen molar-refractivity contribution in [1.82, 2.24) is 10.2 Å². The highest BCUT2D eigenvalue weighted by Gasteiger charge is 2.29. The van der Waals surface area contributed by atoms with E-state index in [1.807, 2.05) is 18.2 Å². The number of amides is 1. The van der Waals surface area contributed by atoms with Crippen molar-refractivity contribution in [2.75, 3.05) is 32.8 Å². The normalized spacial score (nSPS) is 21.1. The molecule has 2 aromatic carbocycles. The number of ether oxygens (including phenoxy) is 1. The van der Waals surface area contributed by atoms with Gasteiger partial charge in [0.05, 0.1) is 12.7 Å². The topological polar surface area (TPSA) is 67.6 Å². The first-order valence-corrected chi connectivity index (χ1v) is 10.2. The van der Waals surface area contributed by atoms with Crippen LogP contribution in [0, 0.1) is 6.92 Å². The molecule has 0 aromatic heterocycles. The van der Waals surface area contributed by atoms with E-state index < -0.39 is 0 Å². The summed E-state index contributed by atoms with van der Waals surface area (Å²) in [5.41, 5.74) is 11.1. The van der Waals surface area contributed by atoms with Gasteiger partial charge in [-0.2, -0.15) is 0 Å². The molecule has 2 aliphatic heterocycles. The predicted octanol–water partition coefficient (Wildman–Crippen LogP) is 2.74.